The first-order valence-corrected chi connectivity index (χ1v) is 7.77. The lowest BCUT2D eigenvalue weighted by atomic mass is 9.96. The van der Waals surface area contributed by atoms with E-state index in [1.165, 1.54) is 57.9 Å². The molecule has 2 saturated carbocycles. The fourth-order valence-electron chi connectivity index (χ4n) is 2.95. The van der Waals surface area contributed by atoms with E-state index < -0.39 is 0 Å². The van der Waals surface area contributed by atoms with Gasteiger partial charge in [-0.15, -0.1) is 0 Å². The van der Waals surface area contributed by atoms with Crippen molar-refractivity contribution in [3.05, 3.63) is 0 Å². The fourth-order valence-corrected chi connectivity index (χ4v) is 2.95. The molecule has 0 radical (unpaired) electrons. The smallest absolute Gasteiger partial charge is 0.00990 e. The molecular formula is C15H30N2. The van der Waals surface area contributed by atoms with Crippen LogP contribution in [-0.4, -0.2) is 19.1 Å². The maximum absolute atomic E-state index is 5.84. The van der Waals surface area contributed by atoms with Gasteiger partial charge in [-0.2, -0.15) is 0 Å². The van der Waals surface area contributed by atoms with Crippen LogP contribution < -0.4 is 11.1 Å². The Hall–Kier alpha value is -0.0800. The van der Waals surface area contributed by atoms with E-state index in [-0.39, 0.29) is 0 Å². The van der Waals surface area contributed by atoms with Gasteiger partial charge in [0.2, 0.25) is 0 Å². The molecule has 3 N–H and O–H groups in total. The van der Waals surface area contributed by atoms with Crippen molar-refractivity contribution in [2.24, 2.45) is 23.5 Å². The molecule has 0 aliphatic heterocycles. The molecule has 0 amide bonds. The highest BCUT2D eigenvalue weighted by Crippen LogP contribution is 2.36. The van der Waals surface area contributed by atoms with Crippen LogP contribution >= 0.6 is 0 Å². The molecule has 0 spiro atoms. The third-order valence-electron chi connectivity index (χ3n) is 4.59. The van der Waals surface area contributed by atoms with Crippen LogP contribution in [0.2, 0.25) is 0 Å². The first-order valence-electron chi connectivity index (χ1n) is 7.77. The predicted molar refractivity (Wildman–Crippen MR) is 73.9 cm³/mol. The van der Waals surface area contributed by atoms with Gasteiger partial charge in [0.15, 0.2) is 0 Å². The van der Waals surface area contributed by atoms with E-state index in [0.29, 0.717) is 0 Å². The molecule has 100 valence electrons. The Labute approximate surface area is 107 Å². The van der Waals surface area contributed by atoms with Crippen LogP contribution in [0.5, 0.6) is 0 Å². The highest BCUT2D eigenvalue weighted by molar-refractivity contribution is 4.91. The molecule has 2 fully saturated rings. The number of nitrogens with two attached hydrogens (primary N) is 1. The molecule has 2 nitrogen and oxygen atoms in total. The van der Waals surface area contributed by atoms with E-state index in [1.807, 2.05) is 0 Å². The SMILES string of the molecule is CCC1CC1NCCCCC(CN)CC1CC1. The lowest BCUT2D eigenvalue weighted by Gasteiger charge is -2.13. The standard InChI is InChI=1S/C15H30N2/c1-2-14-10-15(14)17-8-4-3-5-13(11-16)9-12-6-7-12/h12-15,17H,2-11,16H2,1H3. The number of rotatable bonds is 10. The van der Waals surface area contributed by atoms with Gasteiger partial charge in [0.1, 0.15) is 0 Å². The average Bonchev–Trinajstić information content (AvgIpc) is 3.22. The molecule has 3 unspecified atom stereocenters. The van der Waals surface area contributed by atoms with E-state index in [4.69, 9.17) is 5.73 Å². The van der Waals surface area contributed by atoms with Crippen LogP contribution in [0, 0.1) is 17.8 Å². The normalized spacial score (nSPS) is 29.3. The average molecular weight is 238 g/mol. The molecule has 2 heteroatoms. The molecule has 0 heterocycles. The Balaban J connectivity index is 1.42. The van der Waals surface area contributed by atoms with Crippen molar-refractivity contribution in [1.29, 1.82) is 0 Å². The van der Waals surface area contributed by atoms with Crippen LogP contribution in [-0.2, 0) is 0 Å². The Bertz CT molecular complexity index is 213. The summed E-state index contributed by atoms with van der Waals surface area (Å²) in [6.45, 7) is 4.43. The summed E-state index contributed by atoms with van der Waals surface area (Å²) >= 11 is 0. The van der Waals surface area contributed by atoms with Crippen LogP contribution in [0.1, 0.15) is 58.3 Å². The lowest BCUT2D eigenvalue weighted by Crippen LogP contribution is -2.20. The highest BCUT2D eigenvalue weighted by Gasteiger charge is 2.34. The quantitative estimate of drug-likeness (QED) is 0.574. The summed E-state index contributed by atoms with van der Waals surface area (Å²) in [7, 11) is 0. The summed E-state index contributed by atoms with van der Waals surface area (Å²) in [6.07, 6.45) is 11.2. The maximum atomic E-state index is 5.84. The Morgan fingerprint density at radius 1 is 1.29 bits per heavy atom. The molecular weight excluding hydrogens is 208 g/mol. The summed E-state index contributed by atoms with van der Waals surface area (Å²) in [5, 5.41) is 3.67. The summed E-state index contributed by atoms with van der Waals surface area (Å²) in [6, 6.07) is 0.858. The minimum atomic E-state index is 0.812. The molecule has 0 saturated heterocycles. The molecule has 17 heavy (non-hydrogen) atoms. The monoisotopic (exact) mass is 238 g/mol. The van der Waals surface area contributed by atoms with Gasteiger partial charge in [0, 0.05) is 6.04 Å². The minimum absolute atomic E-state index is 0.812. The zero-order valence-electron chi connectivity index (χ0n) is 11.5. The molecule has 2 rings (SSSR count). The molecule has 0 bridgehead atoms. The summed E-state index contributed by atoms with van der Waals surface area (Å²) in [5.74, 6) is 2.84. The van der Waals surface area contributed by atoms with Crippen molar-refractivity contribution in [1.82, 2.24) is 5.32 Å². The lowest BCUT2D eigenvalue weighted by molar-refractivity contribution is 0.413. The van der Waals surface area contributed by atoms with Gasteiger partial charge in [0.05, 0.1) is 0 Å². The van der Waals surface area contributed by atoms with Gasteiger partial charge in [0.25, 0.3) is 0 Å². The number of hydrogen-bond acceptors (Lipinski definition) is 2. The van der Waals surface area contributed by atoms with Gasteiger partial charge >= 0.3 is 0 Å². The summed E-state index contributed by atoms with van der Waals surface area (Å²) in [5.41, 5.74) is 5.84. The fraction of sp³-hybridized carbons (Fsp3) is 1.00. The second-order valence-electron chi connectivity index (χ2n) is 6.24. The molecule has 2 aliphatic rings. The molecule has 3 atom stereocenters. The zero-order chi connectivity index (χ0) is 12.1. The van der Waals surface area contributed by atoms with Crippen LogP contribution in [0.3, 0.4) is 0 Å². The van der Waals surface area contributed by atoms with E-state index in [2.05, 4.69) is 12.2 Å². The number of nitrogens with one attached hydrogen (secondary N) is 1. The van der Waals surface area contributed by atoms with E-state index >= 15 is 0 Å². The topological polar surface area (TPSA) is 38.0 Å². The van der Waals surface area contributed by atoms with Crippen molar-refractivity contribution in [2.45, 2.75) is 64.3 Å². The van der Waals surface area contributed by atoms with Gasteiger partial charge in [-0.25, -0.2) is 0 Å². The molecule has 2 aliphatic carbocycles. The van der Waals surface area contributed by atoms with Crippen molar-refractivity contribution in [2.75, 3.05) is 13.1 Å². The Morgan fingerprint density at radius 3 is 2.71 bits per heavy atom. The number of unbranched alkanes of at least 4 members (excludes halogenated alkanes) is 1. The third kappa shape index (κ3) is 4.97. The number of hydrogen-bond donors (Lipinski definition) is 2. The second-order valence-corrected chi connectivity index (χ2v) is 6.24. The van der Waals surface area contributed by atoms with Crippen molar-refractivity contribution >= 4 is 0 Å². The van der Waals surface area contributed by atoms with Crippen molar-refractivity contribution in [3.63, 3.8) is 0 Å². The molecule has 0 aromatic carbocycles. The van der Waals surface area contributed by atoms with Crippen molar-refractivity contribution in [3.8, 4) is 0 Å². The van der Waals surface area contributed by atoms with Crippen LogP contribution in [0.15, 0.2) is 0 Å². The predicted octanol–water partition coefficient (Wildman–Crippen LogP) is 2.92. The van der Waals surface area contributed by atoms with Gasteiger partial charge in [-0.05, 0) is 56.5 Å². The zero-order valence-corrected chi connectivity index (χ0v) is 11.5. The first kappa shape index (κ1) is 13.4. The van der Waals surface area contributed by atoms with E-state index in [0.717, 1.165) is 30.3 Å². The summed E-state index contributed by atoms with van der Waals surface area (Å²) < 4.78 is 0. The highest BCUT2D eigenvalue weighted by atomic mass is 15.0. The Kier molecular flexibility index (Phi) is 5.30. The van der Waals surface area contributed by atoms with E-state index in [9.17, 15) is 0 Å². The Morgan fingerprint density at radius 2 is 2.12 bits per heavy atom. The van der Waals surface area contributed by atoms with E-state index in [1.54, 1.807) is 0 Å². The van der Waals surface area contributed by atoms with Crippen LogP contribution in [0.25, 0.3) is 0 Å². The third-order valence-corrected chi connectivity index (χ3v) is 4.59. The first-order chi connectivity index (χ1) is 8.33. The van der Waals surface area contributed by atoms with Gasteiger partial charge in [-0.1, -0.05) is 32.6 Å². The summed E-state index contributed by atoms with van der Waals surface area (Å²) in [4.78, 5) is 0. The molecule has 0 aromatic heterocycles. The largest absolute Gasteiger partial charge is 0.330 e. The minimum Gasteiger partial charge on any atom is -0.330 e. The van der Waals surface area contributed by atoms with Gasteiger partial charge in [-0.3, -0.25) is 0 Å². The van der Waals surface area contributed by atoms with Gasteiger partial charge < -0.3 is 11.1 Å². The maximum Gasteiger partial charge on any atom is 0.00990 e. The second kappa shape index (κ2) is 6.75. The van der Waals surface area contributed by atoms with Crippen molar-refractivity contribution < 1.29 is 0 Å². The van der Waals surface area contributed by atoms with Crippen LogP contribution in [0.4, 0.5) is 0 Å². The molecule has 0 aromatic rings.